The van der Waals surface area contributed by atoms with E-state index in [0.717, 1.165) is 24.5 Å². The fourth-order valence-electron chi connectivity index (χ4n) is 5.22. The fourth-order valence-corrected chi connectivity index (χ4v) is 5.22. The van der Waals surface area contributed by atoms with Gasteiger partial charge in [0.2, 0.25) is 0 Å². The summed E-state index contributed by atoms with van der Waals surface area (Å²) in [5.41, 5.74) is 4.64. The third-order valence-electron chi connectivity index (χ3n) is 7.64. The molecule has 230 valence electrons. The zero-order chi connectivity index (χ0) is 31.9. The lowest BCUT2D eigenvalue weighted by Gasteiger charge is -2.34. The monoisotopic (exact) mass is 612 g/mol. The lowest BCUT2D eigenvalue weighted by atomic mass is 9.95. The van der Waals surface area contributed by atoms with Gasteiger partial charge in [-0.2, -0.15) is 5.26 Å². The van der Waals surface area contributed by atoms with Gasteiger partial charge in [0.05, 0.1) is 7.11 Å². The highest BCUT2D eigenvalue weighted by atomic mass is 19.1. The summed E-state index contributed by atoms with van der Waals surface area (Å²) in [5.74, 6) is -2.43. The maximum absolute atomic E-state index is 16.4. The van der Waals surface area contributed by atoms with Crippen molar-refractivity contribution in [2.24, 2.45) is 0 Å². The maximum Gasteiger partial charge on any atom is 0.303 e. The van der Waals surface area contributed by atoms with Crippen LogP contribution in [-0.4, -0.2) is 52.4 Å². The van der Waals surface area contributed by atoms with E-state index in [9.17, 15) is 19.6 Å². The van der Waals surface area contributed by atoms with Gasteiger partial charge in [0.1, 0.15) is 11.8 Å². The smallest absolute Gasteiger partial charge is 0.303 e. The van der Waals surface area contributed by atoms with Crippen molar-refractivity contribution in [3.63, 3.8) is 0 Å². The summed E-state index contributed by atoms with van der Waals surface area (Å²) in [4.78, 5) is 21.7. The number of anilines is 1. The summed E-state index contributed by atoms with van der Waals surface area (Å²) in [7, 11) is 1.45. The Morgan fingerprint density at radius 3 is 2.47 bits per heavy atom. The van der Waals surface area contributed by atoms with E-state index in [1.165, 1.54) is 30.9 Å². The number of halogens is 2. The molecule has 0 atom stereocenters. The lowest BCUT2D eigenvalue weighted by molar-refractivity contribution is -0.126. The number of hydroxylamine groups is 1. The molecule has 4 aromatic rings. The van der Waals surface area contributed by atoms with E-state index >= 15 is 4.39 Å². The number of nitrogens with zero attached hydrogens (tertiary/aromatic N) is 4. The largest absolute Gasteiger partial charge is 0.504 e. The number of hydrogen-bond acceptors (Lipinski definition) is 9. The number of nitrogens with one attached hydrogen (secondary N) is 2. The first-order valence-corrected chi connectivity index (χ1v) is 14.1. The second kappa shape index (κ2) is 13.9. The minimum absolute atomic E-state index is 0.0910. The molecule has 2 aromatic carbocycles. The highest BCUT2D eigenvalue weighted by Gasteiger charge is 2.26. The lowest BCUT2D eigenvalue weighted by Crippen LogP contribution is -2.43. The summed E-state index contributed by atoms with van der Waals surface area (Å²) < 4.78 is 35.2. The average Bonchev–Trinajstić information content (AvgIpc) is 3.07. The van der Waals surface area contributed by atoms with Crippen LogP contribution in [0.1, 0.15) is 29.7 Å². The van der Waals surface area contributed by atoms with Crippen molar-refractivity contribution in [1.29, 1.82) is 5.26 Å². The molecule has 10 nitrogen and oxygen atoms in total. The molecule has 0 aliphatic carbocycles. The van der Waals surface area contributed by atoms with E-state index in [-0.39, 0.29) is 34.6 Å². The van der Waals surface area contributed by atoms with Gasteiger partial charge in [-0.15, -0.1) is 0 Å². The first kappa shape index (κ1) is 31.1. The standard InChI is InChI=1S/C33H30F2N6O4/c1-45-29-9-7-22(15-28(29)42)26-19-39-32(31(35)30(26)23-6-8-25(16-36)38-18-23)41-12-10-24(11-13-41)37-17-21-4-2-20(3-5-21)14-27(34)33(43)40-44/h2-9,14-15,18-19,24,37,42,44H,10-13,17H2,1H3,(H,40,43)/b27-14-. The summed E-state index contributed by atoms with van der Waals surface area (Å²) in [6, 6.07) is 17.1. The van der Waals surface area contributed by atoms with E-state index in [0.29, 0.717) is 41.9 Å². The van der Waals surface area contributed by atoms with Crippen LogP contribution >= 0.6 is 0 Å². The molecule has 1 aliphatic rings. The van der Waals surface area contributed by atoms with Crippen LogP contribution < -0.4 is 20.4 Å². The summed E-state index contributed by atoms with van der Waals surface area (Å²) in [6.45, 7) is 1.69. The Bertz CT molecular complexity index is 1750. The quantitative estimate of drug-likeness (QED) is 0.115. The molecule has 3 heterocycles. The van der Waals surface area contributed by atoms with E-state index in [4.69, 9.17) is 9.94 Å². The van der Waals surface area contributed by atoms with Crippen molar-refractivity contribution >= 4 is 17.8 Å². The molecular formula is C33H30F2N6O4. The number of phenolic OH excluding ortho intramolecular Hbond substituents is 1. The SMILES string of the molecule is COc1ccc(-c2cnc(N3CCC(NCc4ccc(/C=C(\F)C(=O)NO)cc4)CC3)c(F)c2-c2ccc(C#N)nc2)cc1O. The van der Waals surface area contributed by atoms with Crippen LogP contribution in [-0.2, 0) is 11.3 Å². The molecule has 0 unspecified atom stereocenters. The van der Waals surface area contributed by atoms with Crippen LogP contribution in [0.25, 0.3) is 28.3 Å². The van der Waals surface area contributed by atoms with Gasteiger partial charge in [0.25, 0.3) is 0 Å². The van der Waals surface area contributed by atoms with Gasteiger partial charge in [-0.25, -0.2) is 24.2 Å². The second-order valence-electron chi connectivity index (χ2n) is 10.4. The number of amides is 1. The minimum atomic E-state index is -1.21. The third kappa shape index (κ3) is 7.06. The van der Waals surface area contributed by atoms with Crippen LogP contribution in [0.2, 0.25) is 0 Å². The Labute approximate surface area is 258 Å². The number of carbonyl (C=O) groups excluding carboxylic acids is 1. The topological polar surface area (TPSA) is 144 Å². The van der Waals surface area contributed by atoms with E-state index in [1.54, 1.807) is 36.5 Å². The number of ether oxygens (including phenoxy) is 1. The third-order valence-corrected chi connectivity index (χ3v) is 7.64. The number of rotatable bonds is 9. The van der Waals surface area contributed by atoms with Gasteiger partial charge >= 0.3 is 5.91 Å². The van der Waals surface area contributed by atoms with Gasteiger partial charge in [0.15, 0.2) is 29.0 Å². The van der Waals surface area contributed by atoms with Gasteiger partial charge in [-0.05, 0) is 59.9 Å². The van der Waals surface area contributed by atoms with Crippen LogP contribution in [0.15, 0.2) is 72.8 Å². The van der Waals surface area contributed by atoms with Gasteiger partial charge in [-0.3, -0.25) is 10.0 Å². The molecule has 0 radical (unpaired) electrons. The van der Waals surface area contributed by atoms with Crippen LogP contribution in [0.4, 0.5) is 14.6 Å². The molecule has 12 heteroatoms. The molecule has 0 spiro atoms. The van der Waals surface area contributed by atoms with Crippen molar-refractivity contribution in [3.8, 4) is 39.8 Å². The first-order chi connectivity index (χ1) is 21.8. The number of aromatic nitrogens is 2. The van der Waals surface area contributed by atoms with Crippen molar-refractivity contribution in [3.05, 3.63) is 95.5 Å². The van der Waals surface area contributed by atoms with Crippen molar-refractivity contribution in [2.75, 3.05) is 25.1 Å². The number of nitriles is 1. The molecule has 2 aromatic heterocycles. The van der Waals surface area contributed by atoms with Crippen molar-refractivity contribution in [1.82, 2.24) is 20.8 Å². The molecule has 45 heavy (non-hydrogen) atoms. The molecule has 1 fully saturated rings. The van der Waals surface area contributed by atoms with Gasteiger partial charge in [-0.1, -0.05) is 30.3 Å². The van der Waals surface area contributed by atoms with Gasteiger partial charge < -0.3 is 20.1 Å². The molecule has 4 N–H and O–H groups in total. The number of carbonyl (C=O) groups is 1. The number of piperidine rings is 1. The van der Waals surface area contributed by atoms with Crippen LogP contribution in [0.3, 0.4) is 0 Å². The predicted molar refractivity (Wildman–Crippen MR) is 163 cm³/mol. The minimum Gasteiger partial charge on any atom is -0.504 e. The number of benzene rings is 2. The Morgan fingerprint density at radius 1 is 1.11 bits per heavy atom. The molecule has 1 aliphatic heterocycles. The number of hydrogen-bond donors (Lipinski definition) is 4. The van der Waals surface area contributed by atoms with E-state index < -0.39 is 17.6 Å². The Kier molecular flexibility index (Phi) is 9.62. The zero-order valence-corrected chi connectivity index (χ0v) is 24.3. The van der Waals surface area contributed by atoms with E-state index in [1.807, 2.05) is 23.1 Å². The maximum atomic E-state index is 16.4. The highest BCUT2D eigenvalue weighted by Crippen LogP contribution is 2.40. The normalized spacial score (nSPS) is 13.8. The number of aromatic hydroxyl groups is 1. The van der Waals surface area contributed by atoms with Crippen LogP contribution in [0, 0.1) is 17.1 Å². The number of phenols is 1. The molecule has 1 amide bonds. The highest BCUT2D eigenvalue weighted by molar-refractivity contribution is 5.94. The van der Waals surface area contributed by atoms with Gasteiger partial charge in [0, 0.05) is 54.8 Å². The Morgan fingerprint density at radius 2 is 1.84 bits per heavy atom. The first-order valence-electron chi connectivity index (χ1n) is 14.1. The summed E-state index contributed by atoms with van der Waals surface area (Å²) >= 11 is 0. The van der Waals surface area contributed by atoms with E-state index in [2.05, 4.69) is 15.3 Å². The molecule has 1 saturated heterocycles. The van der Waals surface area contributed by atoms with Crippen molar-refractivity contribution in [2.45, 2.75) is 25.4 Å². The summed E-state index contributed by atoms with van der Waals surface area (Å²) in [5, 5.41) is 31.6. The summed E-state index contributed by atoms with van der Waals surface area (Å²) in [6.07, 6.45) is 5.55. The van der Waals surface area contributed by atoms with Crippen molar-refractivity contribution < 1.29 is 28.6 Å². The number of pyridine rings is 2. The molecule has 0 saturated carbocycles. The fraction of sp³-hybridized carbons (Fsp3) is 0.212. The molecule has 0 bridgehead atoms. The molecular weight excluding hydrogens is 582 g/mol. The predicted octanol–water partition coefficient (Wildman–Crippen LogP) is 5.11. The molecule has 5 rings (SSSR count). The van der Waals surface area contributed by atoms with Crippen LogP contribution in [0.5, 0.6) is 11.5 Å². The number of methoxy groups -OCH3 is 1. The average molecular weight is 613 g/mol. The second-order valence-corrected chi connectivity index (χ2v) is 10.4. The Balaban J connectivity index is 1.30. The zero-order valence-electron chi connectivity index (χ0n) is 24.3. The Hall–Kier alpha value is -5.38.